The lowest BCUT2D eigenvalue weighted by molar-refractivity contribution is 0.232. The van der Waals surface area contributed by atoms with Gasteiger partial charge in [0.05, 0.1) is 10.0 Å². The summed E-state index contributed by atoms with van der Waals surface area (Å²) in [4.78, 5) is 4.55. The molecule has 134 valence electrons. The third-order valence-corrected chi connectivity index (χ3v) is 5.74. The van der Waals surface area contributed by atoms with Crippen LogP contribution in [0.5, 0.6) is 0 Å². The van der Waals surface area contributed by atoms with Crippen molar-refractivity contribution in [2.45, 2.75) is 18.5 Å². The second-order valence-electron chi connectivity index (χ2n) is 6.98. The van der Waals surface area contributed by atoms with Gasteiger partial charge in [-0.05, 0) is 42.4 Å². The lowest BCUT2D eigenvalue weighted by Crippen LogP contribution is -2.36. The van der Waals surface area contributed by atoms with Crippen LogP contribution in [0.4, 0.5) is 5.69 Å². The normalized spacial score (nSPS) is 20.2. The summed E-state index contributed by atoms with van der Waals surface area (Å²) < 4.78 is 0. The molecule has 5 heteroatoms. The van der Waals surface area contributed by atoms with E-state index < -0.39 is 0 Å². The van der Waals surface area contributed by atoms with Crippen molar-refractivity contribution in [1.82, 2.24) is 10.2 Å². The van der Waals surface area contributed by atoms with Gasteiger partial charge in [-0.2, -0.15) is 0 Å². The molecule has 1 fully saturated rings. The summed E-state index contributed by atoms with van der Waals surface area (Å²) in [6, 6.07) is 15.2. The maximum atomic E-state index is 6.22. The Morgan fingerprint density at radius 3 is 2.32 bits per heavy atom. The molecule has 0 unspecified atom stereocenters. The van der Waals surface area contributed by atoms with Gasteiger partial charge in [0, 0.05) is 51.4 Å². The molecule has 3 nitrogen and oxygen atoms in total. The maximum Gasteiger partial charge on any atom is 0.0595 e. The van der Waals surface area contributed by atoms with Gasteiger partial charge in [-0.1, -0.05) is 41.4 Å². The molecule has 1 N–H and O–H groups in total. The minimum absolute atomic E-state index is 0.417. The van der Waals surface area contributed by atoms with E-state index in [-0.39, 0.29) is 0 Å². The largest absolute Gasteiger partial charge is 0.378 e. The van der Waals surface area contributed by atoms with Crippen molar-refractivity contribution in [3.63, 3.8) is 0 Å². The van der Waals surface area contributed by atoms with Gasteiger partial charge in [-0.15, -0.1) is 0 Å². The van der Waals surface area contributed by atoms with Crippen LogP contribution in [-0.4, -0.2) is 45.2 Å². The summed E-state index contributed by atoms with van der Waals surface area (Å²) in [5.74, 6) is 0.417. The van der Waals surface area contributed by atoms with E-state index in [0.29, 0.717) is 22.0 Å². The highest BCUT2D eigenvalue weighted by molar-refractivity contribution is 6.42. The highest BCUT2D eigenvalue weighted by atomic mass is 35.5. The van der Waals surface area contributed by atoms with Crippen molar-refractivity contribution in [3.05, 3.63) is 63.6 Å². The third kappa shape index (κ3) is 4.29. The zero-order chi connectivity index (χ0) is 18.0. The molecule has 25 heavy (non-hydrogen) atoms. The molecule has 2 aromatic carbocycles. The Hall–Kier alpha value is -1.26. The standard InChI is InChI=1S/C20H25Cl2N3/c1-24(2)16-7-4-14(5-8-16)13-25(3)20-12-23-11-17(20)15-6-9-18(21)19(22)10-15/h4-10,17,20,23H,11-13H2,1-3H3/t17-,20+/m1/s1. The molecule has 2 aromatic rings. The number of hydrogen-bond acceptors (Lipinski definition) is 3. The maximum absolute atomic E-state index is 6.22. The van der Waals surface area contributed by atoms with Gasteiger partial charge in [-0.3, -0.25) is 4.90 Å². The third-order valence-electron chi connectivity index (χ3n) is 5.00. The Bertz CT molecular complexity index is 715. The van der Waals surface area contributed by atoms with E-state index in [1.54, 1.807) is 0 Å². The number of hydrogen-bond donors (Lipinski definition) is 1. The van der Waals surface area contributed by atoms with Crippen LogP contribution in [-0.2, 0) is 6.54 Å². The zero-order valence-electron chi connectivity index (χ0n) is 15.0. The van der Waals surface area contributed by atoms with E-state index in [1.165, 1.54) is 16.8 Å². The first-order valence-electron chi connectivity index (χ1n) is 8.58. The minimum atomic E-state index is 0.417. The van der Waals surface area contributed by atoms with Crippen LogP contribution in [0.2, 0.25) is 10.0 Å². The van der Waals surface area contributed by atoms with Crippen molar-refractivity contribution in [1.29, 1.82) is 0 Å². The van der Waals surface area contributed by atoms with Crippen LogP contribution in [0.1, 0.15) is 17.0 Å². The SMILES string of the molecule is CN(C)c1ccc(CN(C)[C@H]2CNC[C@@H]2c2ccc(Cl)c(Cl)c2)cc1. The molecule has 0 radical (unpaired) electrons. The second-order valence-corrected chi connectivity index (χ2v) is 7.80. The summed E-state index contributed by atoms with van der Waals surface area (Å²) in [7, 11) is 6.32. The van der Waals surface area contributed by atoms with Crippen LogP contribution in [0.25, 0.3) is 0 Å². The molecule has 1 heterocycles. The van der Waals surface area contributed by atoms with Gasteiger partial charge in [0.25, 0.3) is 0 Å². The minimum Gasteiger partial charge on any atom is -0.378 e. The van der Waals surface area contributed by atoms with E-state index in [1.807, 2.05) is 12.1 Å². The second kappa shape index (κ2) is 7.96. The lowest BCUT2D eigenvalue weighted by atomic mass is 9.93. The average molecular weight is 378 g/mol. The first-order valence-corrected chi connectivity index (χ1v) is 9.33. The first-order chi connectivity index (χ1) is 12.0. The fourth-order valence-electron chi connectivity index (χ4n) is 3.52. The number of likely N-dealkylation sites (N-methyl/N-ethyl adjacent to an activating group) is 1. The molecule has 1 saturated heterocycles. The molecular weight excluding hydrogens is 353 g/mol. The predicted molar refractivity (Wildman–Crippen MR) is 108 cm³/mol. The lowest BCUT2D eigenvalue weighted by Gasteiger charge is -2.29. The molecule has 1 aliphatic rings. The van der Waals surface area contributed by atoms with Gasteiger partial charge >= 0.3 is 0 Å². The number of benzene rings is 2. The van der Waals surface area contributed by atoms with Crippen molar-refractivity contribution in [3.8, 4) is 0 Å². The molecule has 2 atom stereocenters. The molecule has 0 spiro atoms. The summed E-state index contributed by atoms with van der Waals surface area (Å²) in [5, 5.41) is 4.77. The van der Waals surface area contributed by atoms with Gasteiger partial charge in [0.2, 0.25) is 0 Å². The van der Waals surface area contributed by atoms with Crippen LogP contribution in [0.15, 0.2) is 42.5 Å². The summed E-state index contributed by atoms with van der Waals surface area (Å²) in [5.41, 5.74) is 3.80. The van der Waals surface area contributed by atoms with Gasteiger partial charge in [0.15, 0.2) is 0 Å². The Kier molecular flexibility index (Phi) is 5.90. The van der Waals surface area contributed by atoms with Crippen LogP contribution < -0.4 is 10.2 Å². The number of anilines is 1. The van der Waals surface area contributed by atoms with Gasteiger partial charge in [0.1, 0.15) is 0 Å². The molecule has 0 bridgehead atoms. The predicted octanol–water partition coefficient (Wildman–Crippen LogP) is 4.25. The number of nitrogens with one attached hydrogen (secondary N) is 1. The quantitative estimate of drug-likeness (QED) is 0.839. The Morgan fingerprint density at radius 1 is 0.960 bits per heavy atom. The van der Waals surface area contributed by atoms with Crippen molar-refractivity contribution in [2.75, 3.05) is 39.1 Å². The van der Waals surface area contributed by atoms with E-state index in [2.05, 4.69) is 66.6 Å². The summed E-state index contributed by atoms with van der Waals surface area (Å²) in [6.45, 7) is 2.88. The monoisotopic (exact) mass is 377 g/mol. The molecule has 1 aliphatic heterocycles. The number of rotatable bonds is 5. The van der Waals surface area contributed by atoms with Crippen LogP contribution >= 0.6 is 23.2 Å². The zero-order valence-corrected chi connectivity index (χ0v) is 16.5. The van der Waals surface area contributed by atoms with Crippen molar-refractivity contribution < 1.29 is 0 Å². The number of nitrogens with zero attached hydrogens (tertiary/aromatic N) is 2. The number of halogens is 2. The van der Waals surface area contributed by atoms with Crippen molar-refractivity contribution >= 4 is 28.9 Å². The highest BCUT2D eigenvalue weighted by Gasteiger charge is 2.31. The van der Waals surface area contributed by atoms with Crippen LogP contribution in [0, 0.1) is 0 Å². The Balaban J connectivity index is 1.71. The smallest absolute Gasteiger partial charge is 0.0595 e. The highest BCUT2D eigenvalue weighted by Crippen LogP contribution is 2.31. The van der Waals surface area contributed by atoms with Crippen LogP contribution in [0.3, 0.4) is 0 Å². The average Bonchev–Trinajstić information content (AvgIpc) is 3.07. The van der Waals surface area contributed by atoms with E-state index >= 15 is 0 Å². The molecule has 0 aromatic heterocycles. The fourth-order valence-corrected chi connectivity index (χ4v) is 3.82. The van der Waals surface area contributed by atoms with Gasteiger partial charge < -0.3 is 10.2 Å². The fraction of sp³-hybridized carbons (Fsp3) is 0.400. The first kappa shape index (κ1) is 18.5. The van der Waals surface area contributed by atoms with Gasteiger partial charge in [-0.25, -0.2) is 0 Å². The Labute approximate surface area is 160 Å². The molecular formula is C20H25Cl2N3. The molecule has 3 rings (SSSR count). The molecule has 0 saturated carbocycles. The van der Waals surface area contributed by atoms with E-state index in [4.69, 9.17) is 23.2 Å². The summed E-state index contributed by atoms with van der Waals surface area (Å²) >= 11 is 12.3. The molecule has 0 amide bonds. The van der Waals surface area contributed by atoms with Crippen molar-refractivity contribution in [2.24, 2.45) is 0 Å². The Morgan fingerprint density at radius 2 is 1.68 bits per heavy atom. The molecule has 0 aliphatic carbocycles. The topological polar surface area (TPSA) is 18.5 Å². The summed E-state index contributed by atoms with van der Waals surface area (Å²) in [6.07, 6.45) is 0. The van der Waals surface area contributed by atoms with E-state index in [0.717, 1.165) is 19.6 Å². The van der Waals surface area contributed by atoms with E-state index in [9.17, 15) is 0 Å².